The third-order valence-corrected chi connectivity index (χ3v) is 7.01. The Bertz CT molecular complexity index is 1620. The first-order valence-corrected chi connectivity index (χ1v) is 12.6. The van der Waals surface area contributed by atoms with E-state index in [1.54, 1.807) is 31.0 Å². The average Bonchev–Trinajstić information content (AvgIpc) is 3.43. The Labute approximate surface area is 217 Å². The van der Waals surface area contributed by atoms with E-state index in [-0.39, 0.29) is 22.9 Å². The van der Waals surface area contributed by atoms with Gasteiger partial charge in [-0.3, -0.25) is 23.8 Å². The Morgan fingerprint density at radius 3 is 2.38 bits per heavy atom. The molecule has 0 bridgehead atoms. The summed E-state index contributed by atoms with van der Waals surface area (Å²) in [7, 11) is 1.79. The lowest BCUT2D eigenvalue weighted by atomic mass is 10.2. The predicted octanol–water partition coefficient (Wildman–Crippen LogP) is 4.17. The first kappa shape index (κ1) is 24.3. The number of benzene rings is 2. The minimum absolute atomic E-state index is 0.0550. The van der Waals surface area contributed by atoms with Crippen molar-refractivity contribution in [2.24, 2.45) is 7.05 Å². The fraction of sp³-hybridized carbons (Fsp3) is 0.148. The molecule has 0 fully saturated rings. The van der Waals surface area contributed by atoms with Crippen molar-refractivity contribution in [3.8, 4) is 22.8 Å². The number of rotatable bonds is 7. The SMILES string of the molecule is Cc1ccccc1-n1c(SCC(=O)Nc2c(C)n(C)n(-c3ccccc3)c2=O)nnc1-c1ccncc1. The van der Waals surface area contributed by atoms with Gasteiger partial charge in [0.05, 0.1) is 22.8 Å². The minimum Gasteiger partial charge on any atom is -0.319 e. The Hall–Kier alpha value is -4.44. The van der Waals surface area contributed by atoms with E-state index >= 15 is 0 Å². The molecule has 3 heterocycles. The molecule has 0 aliphatic heterocycles. The van der Waals surface area contributed by atoms with Crippen LogP contribution < -0.4 is 10.9 Å². The van der Waals surface area contributed by atoms with E-state index in [1.807, 2.05) is 78.2 Å². The Morgan fingerprint density at radius 2 is 1.65 bits per heavy atom. The van der Waals surface area contributed by atoms with Gasteiger partial charge in [0.15, 0.2) is 11.0 Å². The molecule has 0 spiro atoms. The van der Waals surface area contributed by atoms with Gasteiger partial charge in [-0.05, 0) is 49.7 Å². The molecule has 0 saturated carbocycles. The van der Waals surface area contributed by atoms with Crippen LogP contribution in [0.15, 0.2) is 89.1 Å². The van der Waals surface area contributed by atoms with E-state index in [0.29, 0.717) is 16.7 Å². The minimum atomic E-state index is -0.305. The summed E-state index contributed by atoms with van der Waals surface area (Å²) in [4.78, 5) is 30.2. The van der Waals surface area contributed by atoms with Crippen LogP contribution in [0, 0.1) is 13.8 Å². The molecular weight excluding hydrogens is 486 g/mol. The zero-order valence-electron chi connectivity index (χ0n) is 20.6. The quantitative estimate of drug-likeness (QED) is 0.329. The lowest BCUT2D eigenvalue weighted by Crippen LogP contribution is -2.23. The van der Waals surface area contributed by atoms with Gasteiger partial charge in [-0.2, -0.15) is 0 Å². The van der Waals surface area contributed by atoms with Crippen LogP contribution in [0.25, 0.3) is 22.8 Å². The summed E-state index contributed by atoms with van der Waals surface area (Å²) in [5.74, 6) is 0.407. The number of carbonyl (C=O) groups excluding carboxylic acids is 1. The zero-order chi connectivity index (χ0) is 25.9. The molecule has 0 saturated heterocycles. The highest BCUT2D eigenvalue weighted by molar-refractivity contribution is 7.99. The number of hydrogen-bond acceptors (Lipinski definition) is 6. The summed E-state index contributed by atoms with van der Waals surface area (Å²) in [6.07, 6.45) is 3.41. The monoisotopic (exact) mass is 511 g/mol. The Morgan fingerprint density at radius 1 is 0.946 bits per heavy atom. The van der Waals surface area contributed by atoms with Crippen LogP contribution in [-0.2, 0) is 11.8 Å². The summed E-state index contributed by atoms with van der Waals surface area (Å²) in [5.41, 5.74) is 4.20. The number of anilines is 1. The largest absolute Gasteiger partial charge is 0.319 e. The van der Waals surface area contributed by atoms with Gasteiger partial charge in [0, 0.05) is 25.0 Å². The number of amides is 1. The summed E-state index contributed by atoms with van der Waals surface area (Å²) in [5, 5.41) is 12.2. The van der Waals surface area contributed by atoms with Crippen molar-refractivity contribution in [2.75, 3.05) is 11.1 Å². The third-order valence-electron chi connectivity index (χ3n) is 6.08. The number of aryl methyl sites for hydroxylation is 1. The highest BCUT2D eigenvalue weighted by Crippen LogP contribution is 2.29. The van der Waals surface area contributed by atoms with E-state index in [4.69, 9.17) is 0 Å². The highest BCUT2D eigenvalue weighted by atomic mass is 32.2. The second-order valence-electron chi connectivity index (χ2n) is 8.44. The predicted molar refractivity (Wildman–Crippen MR) is 144 cm³/mol. The van der Waals surface area contributed by atoms with Gasteiger partial charge in [-0.1, -0.05) is 48.2 Å². The molecule has 1 N–H and O–H groups in total. The molecular formula is C27H25N7O2S. The Balaban J connectivity index is 1.41. The van der Waals surface area contributed by atoms with E-state index < -0.39 is 0 Å². The average molecular weight is 512 g/mol. The van der Waals surface area contributed by atoms with Gasteiger partial charge >= 0.3 is 0 Å². The van der Waals surface area contributed by atoms with Crippen molar-refractivity contribution < 1.29 is 4.79 Å². The molecule has 0 aliphatic rings. The number of pyridine rings is 1. The van der Waals surface area contributed by atoms with E-state index in [1.165, 1.54) is 16.4 Å². The summed E-state index contributed by atoms with van der Waals surface area (Å²) in [6.45, 7) is 3.82. The maximum atomic E-state index is 13.1. The topological polar surface area (TPSA) is 99.6 Å². The zero-order valence-corrected chi connectivity index (χ0v) is 21.4. The van der Waals surface area contributed by atoms with Gasteiger partial charge in [0.25, 0.3) is 5.56 Å². The second kappa shape index (κ2) is 10.3. The van der Waals surface area contributed by atoms with Crippen LogP contribution in [0.2, 0.25) is 0 Å². The van der Waals surface area contributed by atoms with E-state index in [0.717, 1.165) is 22.5 Å². The fourth-order valence-corrected chi connectivity index (χ4v) is 4.85. The number of aromatic nitrogens is 6. The molecule has 37 heavy (non-hydrogen) atoms. The van der Waals surface area contributed by atoms with Crippen molar-refractivity contribution in [1.29, 1.82) is 0 Å². The smallest absolute Gasteiger partial charge is 0.295 e. The number of thioether (sulfide) groups is 1. The highest BCUT2D eigenvalue weighted by Gasteiger charge is 2.21. The van der Waals surface area contributed by atoms with Crippen molar-refractivity contribution in [3.05, 3.63) is 101 Å². The third kappa shape index (κ3) is 4.70. The molecule has 0 unspecified atom stereocenters. The number of carbonyl (C=O) groups is 1. The van der Waals surface area contributed by atoms with Gasteiger partial charge in [0.1, 0.15) is 5.69 Å². The molecule has 0 aliphatic carbocycles. The summed E-state index contributed by atoms with van der Waals surface area (Å²) in [6, 6.07) is 21.0. The molecule has 1 amide bonds. The summed E-state index contributed by atoms with van der Waals surface area (Å²) < 4.78 is 5.21. The molecule has 186 valence electrons. The maximum absolute atomic E-state index is 13.1. The first-order valence-electron chi connectivity index (χ1n) is 11.6. The number of para-hydroxylation sites is 2. The second-order valence-corrected chi connectivity index (χ2v) is 9.38. The fourth-order valence-electron chi connectivity index (χ4n) is 4.10. The van der Waals surface area contributed by atoms with Crippen LogP contribution in [0.3, 0.4) is 0 Å². The van der Waals surface area contributed by atoms with Crippen molar-refractivity contribution in [3.63, 3.8) is 0 Å². The molecule has 3 aromatic heterocycles. The van der Waals surface area contributed by atoms with Crippen molar-refractivity contribution in [2.45, 2.75) is 19.0 Å². The molecule has 0 radical (unpaired) electrons. The first-order chi connectivity index (χ1) is 18.0. The van der Waals surface area contributed by atoms with Crippen molar-refractivity contribution >= 4 is 23.4 Å². The van der Waals surface area contributed by atoms with E-state index in [9.17, 15) is 9.59 Å². The van der Waals surface area contributed by atoms with Crippen LogP contribution in [-0.4, -0.2) is 40.8 Å². The molecule has 9 nitrogen and oxygen atoms in total. The summed E-state index contributed by atoms with van der Waals surface area (Å²) >= 11 is 1.26. The molecule has 10 heteroatoms. The van der Waals surface area contributed by atoms with Crippen LogP contribution in [0.4, 0.5) is 5.69 Å². The molecule has 2 aromatic carbocycles. The number of nitrogens with one attached hydrogen (secondary N) is 1. The van der Waals surface area contributed by atoms with Gasteiger partial charge in [0.2, 0.25) is 5.91 Å². The van der Waals surface area contributed by atoms with Crippen LogP contribution in [0.1, 0.15) is 11.3 Å². The normalized spacial score (nSPS) is 11.0. The van der Waals surface area contributed by atoms with Crippen molar-refractivity contribution in [1.82, 2.24) is 29.1 Å². The molecule has 5 aromatic rings. The van der Waals surface area contributed by atoms with Crippen LogP contribution in [0.5, 0.6) is 0 Å². The van der Waals surface area contributed by atoms with E-state index in [2.05, 4.69) is 20.5 Å². The van der Waals surface area contributed by atoms with Gasteiger partial charge in [-0.25, -0.2) is 4.68 Å². The number of hydrogen-bond donors (Lipinski definition) is 1. The van der Waals surface area contributed by atoms with Crippen LogP contribution >= 0.6 is 11.8 Å². The lowest BCUT2D eigenvalue weighted by molar-refractivity contribution is -0.113. The van der Waals surface area contributed by atoms with Gasteiger partial charge < -0.3 is 5.32 Å². The molecule has 5 rings (SSSR count). The molecule has 0 atom stereocenters. The number of nitrogens with zero attached hydrogens (tertiary/aromatic N) is 6. The standard InChI is InChI=1S/C27H25N7O2S/c1-18-9-7-8-12-22(18)33-25(20-13-15-28-16-14-20)30-31-27(33)37-17-23(35)29-24-19(2)32(3)34(26(24)36)21-10-5-4-6-11-21/h4-16H,17H2,1-3H3,(H,29,35). The Kier molecular flexibility index (Phi) is 6.74. The lowest BCUT2D eigenvalue weighted by Gasteiger charge is -2.12. The van der Waals surface area contributed by atoms with Gasteiger partial charge in [-0.15, -0.1) is 10.2 Å². The maximum Gasteiger partial charge on any atom is 0.295 e.